The molecule has 0 aliphatic carbocycles. The third-order valence-electron chi connectivity index (χ3n) is 4.01. The molecular weight excluding hydrogens is 272 g/mol. The van der Waals surface area contributed by atoms with Gasteiger partial charge in [0.1, 0.15) is 5.82 Å². The molecule has 0 radical (unpaired) electrons. The molecule has 1 aromatic heterocycles. The molecule has 1 atom stereocenters. The van der Waals surface area contributed by atoms with Gasteiger partial charge in [-0.05, 0) is 19.3 Å². The van der Waals surface area contributed by atoms with Crippen molar-refractivity contribution in [1.29, 1.82) is 0 Å². The Bertz CT molecular complexity index is 522. The van der Waals surface area contributed by atoms with Gasteiger partial charge < -0.3 is 14.6 Å². The molecule has 1 aliphatic rings. The van der Waals surface area contributed by atoms with Gasteiger partial charge in [-0.25, -0.2) is 0 Å². The van der Waals surface area contributed by atoms with Crippen molar-refractivity contribution in [1.82, 2.24) is 20.1 Å². The zero-order valence-electron chi connectivity index (χ0n) is 12.8. The van der Waals surface area contributed by atoms with Crippen LogP contribution in [0.3, 0.4) is 0 Å². The standard InChI is InChI=1S/C14H22N4O3/c1-4-10(5-2)15-13(19)12-17-16-11-7-6-9(8-18(11)12)14(20)21-3/h9-10H,4-8H2,1-3H3,(H,15,19). The highest BCUT2D eigenvalue weighted by molar-refractivity contribution is 5.91. The van der Waals surface area contributed by atoms with Gasteiger partial charge in [-0.3, -0.25) is 9.59 Å². The molecule has 0 saturated carbocycles. The highest BCUT2D eigenvalue weighted by Gasteiger charge is 2.30. The lowest BCUT2D eigenvalue weighted by Crippen LogP contribution is -2.37. The average Bonchev–Trinajstić information content (AvgIpc) is 2.94. The van der Waals surface area contributed by atoms with Crippen molar-refractivity contribution < 1.29 is 14.3 Å². The number of nitrogens with one attached hydrogen (secondary N) is 1. The van der Waals surface area contributed by atoms with E-state index in [4.69, 9.17) is 4.74 Å². The van der Waals surface area contributed by atoms with E-state index in [-0.39, 0.29) is 29.7 Å². The molecule has 1 aromatic rings. The van der Waals surface area contributed by atoms with Gasteiger partial charge in [-0.15, -0.1) is 10.2 Å². The number of carbonyl (C=O) groups is 2. The number of methoxy groups -OCH3 is 1. The molecule has 7 heteroatoms. The molecule has 0 fully saturated rings. The topological polar surface area (TPSA) is 86.1 Å². The Balaban J connectivity index is 2.15. The minimum atomic E-state index is -0.249. The minimum Gasteiger partial charge on any atom is -0.469 e. The molecule has 7 nitrogen and oxygen atoms in total. The highest BCUT2D eigenvalue weighted by Crippen LogP contribution is 2.21. The Hall–Kier alpha value is -1.92. The molecule has 1 unspecified atom stereocenters. The Morgan fingerprint density at radius 3 is 2.71 bits per heavy atom. The van der Waals surface area contributed by atoms with E-state index in [0.717, 1.165) is 18.7 Å². The van der Waals surface area contributed by atoms with E-state index in [1.54, 1.807) is 4.57 Å². The van der Waals surface area contributed by atoms with Crippen molar-refractivity contribution in [3.05, 3.63) is 11.6 Å². The van der Waals surface area contributed by atoms with Crippen LogP contribution in [0.4, 0.5) is 0 Å². The minimum absolute atomic E-state index is 0.130. The Morgan fingerprint density at radius 2 is 2.10 bits per heavy atom. The summed E-state index contributed by atoms with van der Waals surface area (Å²) in [6.07, 6.45) is 3.05. The molecule has 21 heavy (non-hydrogen) atoms. The monoisotopic (exact) mass is 294 g/mol. The highest BCUT2D eigenvalue weighted by atomic mass is 16.5. The number of amides is 1. The molecular formula is C14H22N4O3. The molecule has 1 N–H and O–H groups in total. The summed E-state index contributed by atoms with van der Waals surface area (Å²) in [6, 6.07) is 0.130. The fourth-order valence-electron chi connectivity index (χ4n) is 2.60. The maximum Gasteiger partial charge on any atom is 0.310 e. The molecule has 0 bridgehead atoms. The van der Waals surface area contributed by atoms with Crippen LogP contribution in [0.5, 0.6) is 0 Å². The number of rotatable bonds is 5. The van der Waals surface area contributed by atoms with Gasteiger partial charge in [0, 0.05) is 19.0 Å². The van der Waals surface area contributed by atoms with E-state index in [1.807, 2.05) is 13.8 Å². The largest absolute Gasteiger partial charge is 0.469 e. The van der Waals surface area contributed by atoms with E-state index in [2.05, 4.69) is 15.5 Å². The van der Waals surface area contributed by atoms with Crippen LogP contribution in [0.15, 0.2) is 0 Å². The van der Waals surface area contributed by atoms with Crippen LogP contribution in [0, 0.1) is 5.92 Å². The van der Waals surface area contributed by atoms with Crippen LogP contribution in [0.2, 0.25) is 0 Å². The number of nitrogens with zero attached hydrogens (tertiary/aromatic N) is 3. The van der Waals surface area contributed by atoms with Gasteiger partial charge >= 0.3 is 5.97 Å². The van der Waals surface area contributed by atoms with Gasteiger partial charge in [0.15, 0.2) is 0 Å². The van der Waals surface area contributed by atoms with Crippen molar-refractivity contribution in [2.75, 3.05) is 7.11 Å². The van der Waals surface area contributed by atoms with E-state index in [9.17, 15) is 9.59 Å². The van der Waals surface area contributed by atoms with Crippen molar-refractivity contribution >= 4 is 11.9 Å². The van der Waals surface area contributed by atoms with Crippen LogP contribution in [-0.2, 0) is 22.5 Å². The normalized spacial score (nSPS) is 17.4. The zero-order valence-corrected chi connectivity index (χ0v) is 12.8. The number of ether oxygens (including phenoxy) is 1. The number of hydrogen-bond donors (Lipinski definition) is 1. The lowest BCUT2D eigenvalue weighted by Gasteiger charge is -2.22. The zero-order chi connectivity index (χ0) is 15.4. The Kier molecular flexibility index (Phi) is 4.93. The van der Waals surface area contributed by atoms with Crippen LogP contribution in [0.1, 0.15) is 49.6 Å². The molecule has 0 saturated heterocycles. The molecule has 116 valence electrons. The van der Waals surface area contributed by atoms with Crippen LogP contribution >= 0.6 is 0 Å². The summed E-state index contributed by atoms with van der Waals surface area (Å²) in [5.74, 6) is 0.321. The Morgan fingerprint density at radius 1 is 1.38 bits per heavy atom. The quantitative estimate of drug-likeness (QED) is 0.816. The van der Waals surface area contributed by atoms with Crippen molar-refractivity contribution in [2.45, 2.75) is 52.1 Å². The van der Waals surface area contributed by atoms with Gasteiger partial charge in [-0.2, -0.15) is 0 Å². The van der Waals surface area contributed by atoms with E-state index < -0.39 is 0 Å². The molecule has 1 aliphatic heterocycles. The van der Waals surface area contributed by atoms with Crippen molar-refractivity contribution in [3.63, 3.8) is 0 Å². The first-order valence-electron chi connectivity index (χ1n) is 7.41. The summed E-state index contributed by atoms with van der Waals surface area (Å²) in [4.78, 5) is 24.0. The third-order valence-corrected chi connectivity index (χ3v) is 4.01. The molecule has 2 heterocycles. The average molecular weight is 294 g/mol. The van der Waals surface area contributed by atoms with Gasteiger partial charge in [0.25, 0.3) is 5.91 Å². The number of carbonyl (C=O) groups excluding carboxylic acids is 2. The lowest BCUT2D eigenvalue weighted by atomic mass is 9.99. The summed E-state index contributed by atoms with van der Waals surface area (Å²) in [5, 5.41) is 11.0. The fraction of sp³-hybridized carbons (Fsp3) is 0.714. The number of hydrogen-bond acceptors (Lipinski definition) is 5. The summed E-state index contributed by atoms with van der Waals surface area (Å²) >= 11 is 0. The van der Waals surface area contributed by atoms with Crippen molar-refractivity contribution in [3.8, 4) is 0 Å². The van der Waals surface area contributed by atoms with Crippen LogP contribution < -0.4 is 5.32 Å². The first kappa shape index (κ1) is 15.5. The van der Waals surface area contributed by atoms with Gasteiger partial charge in [-0.1, -0.05) is 13.8 Å². The predicted octanol–water partition coefficient (Wildman–Crippen LogP) is 0.932. The summed E-state index contributed by atoms with van der Waals surface area (Å²) in [6.45, 7) is 4.46. The third kappa shape index (κ3) is 3.22. The summed E-state index contributed by atoms with van der Waals surface area (Å²) in [5.41, 5.74) is 0. The second kappa shape index (κ2) is 6.69. The van der Waals surface area contributed by atoms with Gasteiger partial charge in [0.05, 0.1) is 13.0 Å². The number of aryl methyl sites for hydroxylation is 1. The maximum atomic E-state index is 12.3. The maximum absolute atomic E-state index is 12.3. The summed E-state index contributed by atoms with van der Waals surface area (Å²) in [7, 11) is 1.38. The number of esters is 1. The van der Waals surface area contributed by atoms with Crippen LogP contribution in [0.25, 0.3) is 0 Å². The molecule has 0 spiro atoms. The Labute approximate surface area is 124 Å². The first-order valence-corrected chi connectivity index (χ1v) is 7.41. The number of fused-ring (bicyclic) bond motifs is 1. The molecule has 2 rings (SSSR count). The van der Waals surface area contributed by atoms with Gasteiger partial charge in [0.2, 0.25) is 5.82 Å². The SMILES string of the molecule is CCC(CC)NC(=O)c1nnc2n1CC(C(=O)OC)CC2. The number of aromatic nitrogens is 3. The second-order valence-corrected chi connectivity index (χ2v) is 5.30. The molecule has 1 amide bonds. The lowest BCUT2D eigenvalue weighted by molar-refractivity contribution is -0.146. The van der Waals surface area contributed by atoms with E-state index in [1.165, 1.54) is 7.11 Å². The summed E-state index contributed by atoms with van der Waals surface area (Å²) < 4.78 is 6.53. The predicted molar refractivity (Wildman–Crippen MR) is 75.7 cm³/mol. The van der Waals surface area contributed by atoms with Crippen LogP contribution in [-0.4, -0.2) is 39.8 Å². The van der Waals surface area contributed by atoms with E-state index in [0.29, 0.717) is 19.4 Å². The van der Waals surface area contributed by atoms with Crippen molar-refractivity contribution in [2.24, 2.45) is 5.92 Å². The van der Waals surface area contributed by atoms with E-state index >= 15 is 0 Å². The second-order valence-electron chi connectivity index (χ2n) is 5.30. The first-order chi connectivity index (χ1) is 10.1. The smallest absolute Gasteiger partial charge is 0.310 e. The fourth-order valence-corrected chi connectivity index (χ4v) is 2.60. The molecule has 0 aromatic carbocycles.